The molecule has 0 saturated heterocycles. The van der Waals surface area contributed by atoms with Crippen LogP contribution in [0.3, 0.4) is 0 Å². The third-order valence-electron chi connectivity index (χ3n) is 6.43. The summed E-state index contributed by atoms with van der Waals surface area (Å²) >= 11 is 3.53. The van der Waals surface area contributed by atoms with Crippen molar-refractivity contribution in [1.82, 2.24) is 14.6 Å². The number of nitrogens with zero attached hydrogens (tertiary/aromatic N) is 3. The molecule has 6 rings (SSSR count). The molecule has 2 heterocycles. The van der Waals surface area contributed by atoms with E-state index >= 15 is 0 Å². The fraction of sp³-hybridized carbons (Fsp3) is 0.103. The maximum Gasteiger partial charge on any atom is 0.169 e. The summed E-state index contributed by atoms with van der Waals surface area (Å²) in [5.41, 5.74) is 9.48. The lowest BCUT2D eigenvalue weighted by Crippen LogP contribution is -1.96. The van der Waals surface area contributed by atoms with Crippen LogP contribution in [0, 0.1) is 20.8 Å². The zero-order valence-corrected chi connectivity index (χ0v) is 20.3. The van der Waals surface area contributed by atoms with Crippen molar-refractivity contribution >= 4 is 43.3 Å². The molecule has 0 fully saturated rings. The minimum absolute atomic E-state index is 0.851. The summed E-state index contributed by atoms with van der Waals surface area (Å²) in [6.07, 6.45) is 0. The molecule has 6 aromatic rings. The van der Waals surface area contributed by atoms with Gasteiger partial charge in [0.2, 0.25) is 0 Å². The standard InChI is InChI=1S/C29H22BrN3/c1-17-14-18(2)27(19(3)15-17)21-10-13-26-25(16-21)23-6-4-5-7-24(23)29-32-31-28(33(26)29)20-8-11-22(30)12-9-20/h4-16H,1-3H3. The van der Waals surface area contributed by atoms with Crippen molar-refractivity contribution in [3.63, 3.8) is 0 Å². The van der Waals surface area contributed by atoms with E-state index in [0.29, 0.717) is 0 Å². The Morgan fingerprint density at radius 1 is 0.667 bits per heavy atom. The van der Waals surface area contributed by atoms with Crippen LogP contribution in [0.2, 0.25) is 0 Å². The molecule has 0 radical (unpaired) electrons. The average Bonchev–Trinajstić information content (AvgIpc) is 3.24. The van der Waals surface area contributed by atoms with Crippen molar-refractivity contribution in [1.29, 1.82) is 0 Å². The van der Waals surface area contributed by atoms with Gasteiger partial charge in [-0.1, -0.05) is 76.1 Å². The molecule has 0 aliphatic carbocycles. The van der Waals surface area contributed by atoms with Crippen molar-refractivity contribution in [2.45, 2.75) is 20.8 Å². The van der Waals surface area contributed by atoms with Crippen LogP contribution in [-0.4, -0.2) is 14.6 Å². The van der Waals surface area contributed by atoms with Gasteiger partial charge in [0.1, 0.15) is 0 Å². The van der Waals surface area contributed by atoms with Crippen molar-refractivity contribution in [2.24, 2.45) is 0 Å². The van der Waals surface area contributed by atoms with Gasteiger partial charge in [-0.3, -0.25) is 4.40 Å². The van der Waals surface area contributed by atoms with Gasteiger partial charge >= 0.3 is 0 Å². The predicted octanol–water partition coefficient (Wildman–Crippen LogP) is 8.06. The molecule has 0 atom stereocenters. The van der Waals surface area contributed by atoms with Crippen LogP contribution >= 0.6 is 15.9 Å². The molecule has 0 saturated carbocycles. The molecule has 0 bridgehead atoms. The Bertz CT molecular complexity index is 1670. The minimum Gasteiger partial charge on any atom is -0.274 e. The molecule has 160 valence electrons. The van der Waals surface area contributed by atoms with E-state index in [4.69, 9.17) is 0 Å². The van der Waals surface area contributed by atoms with Gasteiger partial charge in [0, 0.05) is 20.8 Å². The molecule has 4 aromatic carbocycles. The summed E-state index contributed by atoms with van der Waals surface area (Å²) in [4.78, 5) is 0. The molecule has 2 aromatic heterocycles. The van der Waals surface area contributed by atoms with Gasteiger partial charge in [-0.05, 0) is 72.7 Å². The van der Waals surface area contributed by atoms with Gasteiger partial charge in [-0.2, -0.15) is 0 Å². The van der Waals surface area contributed by atoms with E-state index in [9.17, 15) is 0 Å². The van der Waals surface area contributed by atoms with E-state index in [1.807, 2.05) is 12.1 Å². The van der Waals surface area contributed by atoms with Gasteiger partial charge in [-0.15, -0.1) is 10.2 Å². The highest BCUT2D eigenvalue weighted by atomic mass is 79.9. The zero-order chi connectivity index (χ0) is 22.7. The van der Waals surface area contributed by atoms with Crippen molar-refractivity contribution < 1.29 is 0 Å². The van der Waals surface area contributed by atoms with Crippen molar-refractivity contribution in [3.8, 4) is 22.5 Å². The molecule has 0 amide bonds. The van der Waals surface area contributed by atoms with Gasteiger partial charge in [0.15, 0.2) is 11.5 Å². The Hall–Kier alpha value is -3.50. The number of halogens is 1. The van der Waals surface area contributed by atoms with E-state index in [-0.39, 0.29) is 0 Å². The molecule has 0 spiro atoms. The number of rotatable bonds is 2. The van der Waals surface area contributed by atoms with Gasteiger partial charge in [0.05, 0.1) is 5.52 Å². The van der Waals surface area contributed by atoms with Crippen LogP contribution in [0.1, 0.15) is 16.7 Å². The molecule has 3 nitrogen and oxygen atoms in total. The molecule has 4 heteroatoms. The first-order chi connectivity index (χ1) is 16.0. The highest BCUT2D eigenvalue weighted by molar-refractivity contribution is 9.10. The normalized spacial score (nSPS) is 11.6. The van der Waals surface area contributed by atoms with E-state index in [1.165, 1.54) is 38.6 Å². The molecular formula is C29H22BrN3. The second-order valence-corrected chi connectivity index (χ2v) is 9.66. The second kappa shape index (κ2) is 7.53. The van der Waals surface area contributed by atoms with E-state index in [1.54, 1.807) is 0 Å². The van der Waals surface area contributed by atoms with Crippen molar-refractivity contribution in [2.75, 3.05) is 0 Å². The van der Waals surface area contributed by atoms with Crippen LogP contribution in [0.5, 0.6) is 0 Å². The Balaban J connectivity index is 1.72. The maximum absolute atomic E-state index is 4.62. The third kappa shape index (κ3) is 3.17. The Morgan fingerprint density at radius 2 is 1.33 bits per heavy atom. The molecule has 0 N–H and O–H groups in total. The number of aryl methyl sites for hydroxylation is 3. The number of fused-ring (bicyclic) bond motifs is 6. The number of hydrogen-bond acceptors (Lipinski definition) is 2. The van der Waals surface area contributed by atoms with Crippen LogP contribution in [-0.2, 0) is 0 Å². The first kappa shape index (κ1) is 20.1. The Labute approximate surface area is 200 Å². The fourth-order valence-corrected chi connectivity index (χ4v) is 5.39. The first-order valence-electron chi connectivity index (χ1n) is 11.0. The smallest absolute Gasteiger partial charge is 0.169 e. The summed E-state index contributed by atoms with van der Waals surface area (Å²) in [7, 11) is 0. The molecular weight excluding hydrogens is 470 g/mol. The van der Waals surface area contributed by atoms with Gasteiger partial charge < -0.3 is 0 Å². The van der Waals surface area contributed by atoms with Gasteiger partial charge in [0.25, 0.3) is 0 Å². The summed E-state index contributed by atoms with van der Waals surface area (Å²) in [5, 5.41) is 12.7. The number of pyridine rings is 1. The van der Waals surface area contributed by atoms with Crippen LogP contribution in [0.25, 0.3) is 49.8 Å². The van der Waals surface area contributed by atoms with Crippen molar-refractivity contribution in [3.05, 3.63) is 100 Å². The fourth-order valence-electron chi connectivity index (χ4n) is 5.12. The summed E-state index contributed by atoms with van der Waals surface area (Å²) in [5.74, 6) is 0.851. The summed E-state index contributed by atoms with van der Waals surface area (Å²) in [6.45, 7) is 6.56. The maximum atomic E-state index is 4.62. The monoisotopic (exact) mass is 491 g/mol. The highest BCUT2D eigenvalue weighted by Crippen LogP contribution is 2.36. The topological polar surface area (TPSA) is 30.2 Å². The third-order valence-corrected chi connectivity index (χ3v) is 6.96. The largest absolute Gasteiger partial charge is 0.274 e. The summed E-state index contributed by atoms with van der Waals surface area (Å²) in [6, 6.07) is 28.0. The Morgan fingerprint density at radius 3 is 2.06 bits per heavy atom. The van der Waals surface area contributed by atoms with Crippen LogP contribution in [0.4, 0.5) is 0 Å². The quantitative estimate of drug-likeness (QED) is 0.229. The zero-order valence-electron chi connectivity index (χ0n) is 18.7. The van der Waals surface area contributed by atoms with Crippen LogP contribution in [0.15, 0.2) is 83.3 Å². The molecule has 33 heavy (non-hydrogen) atoms. The number of benzene rings is 4. The van der Waals surface area contributed by atoms with E-state index in [2.05, 4.69) is 118 Å². The molecule has 0 unspecified atom stereocenters. The number of hydrogen-bond donors (Lipinski definition) is 0. The van der Waals surface area contributed by atoms with Gasteiger partial charge in [-0.25, -0.2) is 0 Å². The summed E-state index contributed by atoms with van der Waals surface area (Å²) < 4.78 is 3.24. The van der Waals surface area contributed by atoms with E-state index in [0.717, 1.165) is 32.4 Å². The second-order valence-electron chi connectivity index (χ2n) is 8.74. The number of aromatic nitrogens is 3. The average molecular weight is 492 g/mol. The predicted molar refractivity (Wildman–Crippen MR) is 141 cm³/mol. The minimum atomic E-state index is 0.851. The highest BCUT2D eigenvalue weighted by Gasteiger charge is 2.17. The lowest BCUT2D eigenvalue weighted by molar-refractivity contribution is 1.12. The SMILES string of the molecule is Cc1cc(C)c(-c2ccc3c(c2)c2ccccc2c2nnc(-c4ccc(Br)cc4)n32)c(C)c1. The molecule has 0 aliphatic rings. The lowest BCUT2D eigenvalue weighted by Gasteiger charge is -2.15. The Kier molecular flexibility index (Phi) is 4.59. The first-order valence-corrected chi connectivity index (χ1v) is 11.8. The van der Waals surface area contributed by atoms with Crippen LogP contribution < -0.4 is 0 Å². The van der Waals surface area contributed by atoms with E-state index < -0.39 is 0 Å². The lowest BCUT2D eigenvalue weighted by atomic mass is 9.92. The molecule has 0 aliphatic heterocycles.